The third kappa shape index (κ3) is 4.32. The van der Waals surface area contributed by atoms with Crippen LogP contribution >= 0.6 is 11.6 Å². The second kappa shape index (κ2) is 9.48. The van der Waals surface area contributed by atoms with Gasteiger partial charge in [-0.1, -0.05) is 29.8 Å². The van der Waals surface area contributed by atoms with E-state index in [1.54, 1.807) is 66.7 Å². The van der Waals surface area contributed by atoms with E-state index in [2.05, 4.69) is 5.32 Å². The third-order valence-electron chi connectivity index (χ3n) is 6.05. The molecule has 8 nitrogen and oxygen atoms in total. The maximum Gasteiger partial charge on any atom is 0.294 e. The van der Waals surface area contributed by atoms with Crippen LogP contribution in [0, 0.1) is 0 Å². The second-order valence-electron chi connectivity index (χ2n) is 8.43. The first kappa shape index (κ1) is 24.1. The normalized spacial score (nSPS) is 15.4. The topological polar surface area (TPSA) is 109 Å². The van der Waals surface area contributed by atoms with Crippen molar-refractivity contribution < 1.29 is 28.6 Å². The number of nitrogens with zero attached hydrogens (tertiary/aromatic N) is 1. The Kier molecular flexibility index (Phi) is 6.19. The summed E-state index contributed by atoms with van der Waals surface area (Å²) in [7, 11) is 1.48. The summed E-state index contributed by atoms with van der Waals surface area (Å²) in [4.78, 5) is 39.9. The zero-order valence-corrected chi connectivity index (χ0v) is 20.6. The molecular formula is C28H21ClN2O6. The van der Waals surface area contributed by atoms with Crippen LogP contribution in [0.15, 0.2) is 88.5 Å². The Labute approximate surface area is 216 Å². The summed E-state index contributed by atoms with van der Waals surface area (Å²) in [6.07, 6.45) is 0. The summed E-state index contributed by atoms with van der Waals surface area (Å²) in [6, 6.07) is 18.9. The van der Waals surface area contributed by atoms with Gasteiger partial charge in [-0.05, 0) is 54.6 Å². The number of carbonyl (C=O) groups is 3. The molecule has 186 valence electrons. The number of para-hydroxylation sites is 1. The Bertz CT molecular complexity index is 1590. The quantitative estimate of drug-likeness (QED) is 0.312. The van der Waals surface area contributed by atoms with Gasteiger partial charge in [0.25, 0.3) is 5.91 Å². The Morgan fingerprint density at radius 2 is 1.78 bits per heavy atom. The number of ether oxygens (including phenoxy) is 1. The largest absolute Gasteiger partial charge is 0.503 e. The van der Waals surface area contributed by atoms with Crippen LogP contribution in [0.25, 0.3) is 11.0 Å². The number of rotatable bonds is 6. The lowest BCUT2D eigenvalue weighted by atomic mass is 9.94. The number of fused-ring (bicyclic) bond motifs is 1. The van der Waals surface area contributed by atoms with E-state index in [9.17, 15) is 19.5 Å². The first-order chi connectivity index (χ1) is 17.8. The summed E-state index contributed by atoms with van der Waals surface area (Å²) < 4.78 is 11.3. The van der Waals surface area contributed by atoms with E-state index in [-0.39, 0.29) is 17.2 Å². The van der Waals surface area contributed by atoms with Crippen molar-refractivity contribution in [3.05, 3.63) is 100 Å². The summed E-state index contributed by atoms with van der Waals surface area (Å²) in [5.41, 5.74) is 1.73. The number of aliphatic hydroxyl groups is 1. The highest BCUT2D eigenvalue weighted by atomic mass is 35.5. The van der Waals surface area contributed by atoms with Crippen LogP contribution in [-0.4, -0.2) is 29.8 Å². The lowest BCUT2D eigenvalue weighted by Crippen LogP contribution is -2.31. The summed E-state index contributed by atoms with van der Waals surface area (Å²) in [6.45, 7) is 1.39. The molecule has 0 radical (unpaired) electrons. The minimum Gasteiger partial charge on any atom is -0.503 e. The fourth-order valence-corrected chi connectivity index (χ4v) is 4.64. The van der Waals surface area contributed by atoms with Gasteiger partial charge in [-0.25, -0.2) is 0 Å². The van der Waals surface area contributed by atoms with Gasteiger partial charge < -0.3 is 19.6 Å². The zero-order valence-electron chi connectivity index (χ0n) is 19.8. The van der Waals surface area contributed by atoms with Crippen molar-refractivity contribution in [2.24, 2.45) is 0 Å². The number of carbonyl (C=O) groups excluding carboxylic acids is 3. The van der Waals surface area contributed by atoms with E-state index in [4.69, 9.17) is 20.8 Å². The number of anilines is 2. The first-order valence-electron chi connectivity index (χ1n) is 11.3. The summed E-state index contributed by atoms with van der Waals surface area (Å²) in [5, 5.41) is 14.8. The average molecular weight is 517 g/mol. The van der Waals surface area contributed by atoms with Crippen molar-refractivity contribution in [3.63, 3.8) is 0 Å². The number of hydrogen-bond acceptors (Lipinski definition) is 6. The molecule has 1 aliphatic heterocycles. The molecule has 2 N–H and O–H groups in total. The van der Waals surface area contributed by atoms with Gasteiger partial charge in [-0.2, -0.15) is 0 Å². The van der Waals surface area contributed by atoms with Crippen molar-refractivity contribution in [2.75, 3.05) is 17.3 Å². The molecule has 1 aromatic heterocycles. The average Bonchev–Trinajstić information content (AvgIpc) is 3.42. The molecule has 0 bridgehead atoms. The standard InChI is InChI=1S/C28H21ClN2O6/c1-15(32)30-18-8-10-19(11-9-18)31-25(20-5-3-4-6-22(20)36-2)24(27(34)28(31)35)26(33)23-14-16-13-17(29)7-12-21(16)37-23/h3-14,25,34H,1-2H3,(H,30,32). The molecule has 4 aromatic rings. The fraction of sp³-hybridized carbons (Fsp3) is 0.107. The molecule has 2 amide bonds. The van der Waals surface area contributed by atoms with E-state index in [1.807, 2.05) is 0 Å². The Morgan fingerprint density at radius 1 is 1.05 bits per heavy atom. The lowest BCUT2D eigenvalue weighted by Gasteiger charge is -2.28. The molecule has 1 aliphatic rings. The van der Waals surface area contributed by atoms with Crippen molar-refractivity contribution in [1.29, 1.82) is 0 Å². The van der Waals surface area contributed by atoms with E-state index < -0.39 is 23.5 Å². The third-order valence-corrected chi connectivity index (χ3v) is 6.29. The van der Waals surface area contributed by atoms with Gasteiger partial charge in [0.1, 0.15) is 11.3 Å². The van der Waals surface area contributed by atoms with Gasteiger partial charge in [0.2, 0.25) is 11.7 Å². The van der Waals surface area contributed by atoms with Crippen LogP contribution in [0.4, 0.5) is 11.4 Å². The van der Waals surface area contributed by atoms with E-state index in [1.165, 1.54) is 25.0 Å². The van der Waals surface area contributed by atoms with Gasteiger partial charge in [0.05, 0.1) is 18.7 Å². The van der Waals surface area contributed by atoms with Gasteiger partial charge in [-0.3, -0.25) is 19.3 Å². The molecular weight excluding hydrogens is 496 g/mol. The predicted molar refractivity (Wildman–Crippen MR) is 139 cm³/mol. The fourth-order valence-electron chi connectivity index (χ4n) is 4.46. The molecule has 3 aromatic carbocycles. The minimum atomic E-state index is -1.01. The number of benzene rings is 3. The zero-order chi connectivity index (χ0) is 26.3. The van der Waals surface area contributed by atoms with Crippen molar-refractivity contribution >= 4 is 51.5 Å². The highest BCUT2D eigenvalue weighted by Crippen LogP contribution is 2.45. The van der Waals surface area contributed by atoms with Crippen LogP contribution in [0.3, 0.4) is 0 Å². The summed E-state index contributed by atoms with van der Waals surface area (Å²) in [5.74, 6) is -1.95. The smallest absolute Gasteiger partial charge is 0.294 e. The molecule has 2 heterocycles. The monoisotopic (exact) mass is 516 g/mol. The lowest BCUT2D eigenvalue weighted by molar-refractivity contribution is -0.117. The van der Waals surface area contributed by atoms with Crippen LogP contribution in [0.2, 0.25) is 5.02 Å². The SMILES string of the molecule is COc1ccccc1C1C(C(=O)c2cc3cc(Cl)ccc3o2)=C(O)C(=O)N1c1ccc(NC(C)=O)cc1. The number of hydrogen-bond donors (Lipinski definition) is 2. The molecule has 5 rings (SSSR count). The highest BCUT2D eigenvalue weighted by molar-refractivity contribution is 6.31. The molecule has 0 spiro atoms. The number of methoxy groups -OCH3 is 1. The molecule has 0 aliphatic carbocycles. The molecule has 37 heavy (non-hydrogen) atoms. The molecule has 0 saturated heterocycles. The maximum absolute atomic E-state index is 13.8. The molecule has 0 fully saturated rings. The van der Waals surface area contributed by atoms with Crippen molar-refractivity contribution in [2.45, 2.75) is 13.0 Å². The Morgan fingerprint density at radius 3 is 2.49 bits per heavy atom. The van der Waals surface area contributed by atoms with Crippen LogP contribution < -0.4 is 15.0 Å². The van der Waals surface area contributed by atoms with Gasteiger partial charge in [0.15, 0.2) is 11.5 Å². The maximum atomic E-state index is 13.8. The van der Waals surface area contributed by atoms with Gasteiger partial charge in [-0.15, -0.1) is 0 Å². The second-order valence-corrected chi connectivity index (χ2v) is 8.87. The number of halogens is 1. The van der Waals surface area contributed by atoms with Crippen molar-refractivity contribution in [1.82, 2.24) is 0 Å². The Hall–Kier alpha value is -4.56. The van der Waals surface area contributed by atoms with E-state index in [0.717, 1.165) is 0 Å². The number of nitrogens with one attached hydrogen (secondary N) is 1. The first-order valence-corrected chi connectivity index (χ1v) is 11.7. The molecule has 9 heteroatoms. The van der Waals surface area contributed by atoms with E-state index in [0.29, 0.717) is 38.7 Å². The van der Waals surface area contributed by atoms with Gasteiger partial charge >= 0.3 is 0 Å². The minimum absolute atomic E-state index is 0.0469. The molecule has 0 saturated carbocycles. The van der Waals surface area contributed by atoms with Crippen molar-refractivity contribution in [3.8, 4) is 5.75 Å². The number of aliphatic hydroxyl groups excluding tert-OH is 1. The highest BCUT2D eigenvalue weighted by Gasteiger charge is 2.46. The molecule has 1 atom stereocenters. The van der Waals surface area contributed by atoms with Crippen LogP contribution in [-0.2, 0) is 9.59 Å². The van der Waals surface area contributed by atoms with Crippen LogP contribution in [0.1, 0.15) is 29.1 Å². The Balaban J connectivity index is 1.64. The van der Waals surface area contributed by atoms with Gasteiger partial charge in [0, 0.05) is 34.3 Å². The van der Waals surface area contributed by atoms with Crippen LogP contribution in [0.5, 0.6) is 5.75 Å². The predicted octanol–water partition coefficient (Wildman–Crippen LogP) is 5.84. The molecule has 1 unspecified atom stereocenters. The number of amides is 2. The van der Waals surface area contributed by atoms with E-state index >= 15 is 0 Å². The number of Topliss-reactive ketones (excluding diaryl/α,β-unsaturated/α-hetero) is 1. The number of ketones is 1. The number of furan rings is 1. The summed E-state index contributed by atoms with van der Waals surface area (Å²) >= 11 is 6.08.